The average Bonchev–Trinajstić information content (AvgIpc) is 2.67. The molecule has 0 bridgehead atoms. The minimum Gasteiger partial charge on any atom is -0.482 e. The van der Waals surface area contributed by atoms with Gasteiger partial charge in [0.05, 0.1) is 4.91 Å². The van der Waals surface area contributed by atoms with Crippen LogP contribution in [0.2, 0.25) is 0 Å². The Kier molecular flexibility index (Phi) is 4.18. The van der Waals surface area contributed by atoms with Crippen molar-refractivity contribution in [2.75, 3.05) is 6.61 Å². The molecule has 1 heterocycles. The van der Waals surface area contributed by atoms with E-state index >= 15 is 0 Å². The van der Waals surface area contributed by atoms with Crippen molar-refractivity contribution in [3.63, 3.8) is 0 Å². The first-order chi connectivity index (χ1) is 9.04. The van der Waals surface area contributed by atoms with Gasteiger partial charge in [-0.1, -0.05) is 36.1 Å². The number of amides is 1. The zero-order valence-corrected chi connectivity index (χ0v) is 11.2. The Morgan fingerprint density at radius 1 is 1.42 bits per heavy atom. The van der Waals surface area contributed by atoms with Crippen LogP contribution < -0.4 is 10.1 Å². The van der Waals surface area contributed by atoms with E-state index in [1.165, 1.54) is 11.8 Å². The Balaban J connectivity index is 2.06. The van der Waals surface area contributed by atoms with Crippen LogP contribution in [0.5, 0.6) is 5.75 Å². The number of hydrogen-bond acceptors (Lipinski definition) is 5. The van der Waals surface area contributed by atoms with Gasteiger partial charge in [0.25, 0.3) is 5.91 Å². The number of thiocarbonyl (C=S) groups is 1. The molecule has 5 nitrogen and oxygen atoms in total. The fourth-order valence-corrected chi connectivity index (χ4v) is 2.42. The minimum absolute atomic E-state index is 0.207. The largest absolute Gasteiger partial charge is 0.482 e. The molecule has 0 aromatic heterocycles. The van der Waals surface area contributed by atoms with Crippen molar-refractivity contribution >= 4 is 46.3 Å². The van der Waals surface area contributed by atoms with Crippen LogP contribution in [0.3, 0.4) is 0 Å². The third-order valence-corrected chi connectivity index (χ3v) is 3.34. The van der Waals surface area contributed by atoms with E-state index in [0.29, 0.717) is 15.0 Å². The van der Waals surface area contributed by atoms with E-state index in [0.717, 1.165) is 5.56 Å². The lowest BCUT2D eigenvalue weighted by Gasteiger charge is -2.03. The number of carboxylic acids is 1. The molecule has 19 heavy (non-hydrogen) atoms. The SMILES string of the molecule is O=C(O)COc1ccc(C=C2SC(=S)NC2=O)cc1. The van der Waals surface area contributed by atoms with Crippen molar-refractivity contribution in [1.82, 2.24) is 5.32 Å². The summed E-state index contributed by atoms with van der Waals surface area (Å²) in [4.78, 5) is 22.3. The maximum absolute atomic E-state index is 11.5. The van der Waals surface area contributed by atoms with E-state index in [1.807, 2.05) is 0 Å². The van der Waals surface area contributed by atoms with Crippen LogP contribution in [0, 0.1) is 0 Å². The van der Waals surface area contributed by atoms with Gasteiger partial charge in [-0.3, -0.25) is 4.79 Å². The van der Waals surface area contributed by atoms with Gasteiger partial charge in [-0.05, 0) is 23.8 Å². The van der Waals surface area contributed by atoms with E-state index < -0.39 is 5.97 Å². The topological polar surface area (TPSA) is 75.6 Å². The first kappa shape index (κ1) is 13.6. The molecule has 1 aliphatic rings. The second kappa shape index (κ2) is 5.85. The van der Waals surface area contributed by atoms with Gasteiger partial charge in [-0.15, -0.1) is 0 Å². The summed E-state index contributed by atoms with van der Waals surface area (Å²) in [5, 5.41) is 11.0. The molecule has 98 valence electrons. The summed E-state index contributed by atoms with van der Waals surface area (Å²) >= 11 is 6.09. The number of carbonyl (C=O) groups excluding carboxylic acids is 1. The fourth-order valence-electron chi connectivity index (χ4n) is 1.38. The number of thioether (sulfide) groups is 1. The molecule has 0 unspecified atom stereocenters. The molecule has 2 N–H and O–H groups in total. The van der Waals surface area contributed by atoms with Crippen LogP contribution >= 0.6 is 24.0 Å². The lowest BCUT2D eigenvalue weighted by molar-refractivity contribution is -0.139. The molecule has 0 spiro atoms. The zero-order chi connectivity index (χ0) is 13.8. The standard InChI is InChI=1S/C12H9NO4S2/c14-10(15)6-17-8-3-1-7(2-4-8)5-9-11(16)13-12(18)19-9/h1-5H,6H2,(H,14,15)(H,13,16,18). The van der Waals surface area contributed by atoms with E-state index in [-0.39, 0.29) is 12.5 Å². The molecule has 0 radical (unpaired) electrons. The smallest absolute Gasteiger partial charge is 0.341 e. The first-order valence-corrected chi connectivity index (χ1v) is 6.46. The zero-order valence-electron chi connectivity index (χ0n) is 9.58. The van der Waals surface area contributed by atoms with E-state index in [1.54, 1.807) is 30.3 Å². The highest BCUT2D eigenvalue weighted by molar-refractivity contribution is 8.26. The number of aliphatic carboxylic acids is 1. The van der Waals surface area contributed by atoms with Gasteiger partial charge in [0.1, 0.15) is 10.1 Å². The van der Waals surface area contributed by atoms with Crippen molar-refractivity contribution in [3.8, 4) is 5.75 Å². The molecule has 1 aromatic rings. The summed E-state index contributed by atoms with van der Waals surface area (Å²) in [6, 6.07) is 6.76. The summed E-state index contributed by atoms with van der Waals surface area (Å²) in [6.45, 7) is -0.382. The molecule has 1 saturated heterocycles. The molecule has 7 heteroatoms. The van der Waals surface area contributed by atoms with Gasteiger partial charge in [0.15, 0.2) is 6.61 Å². The monoisotopic (exact) mass is 295 g/mol. The second-order valence-electron chi connectivity index (χ2n) is 3.60. The number of ether oxygens (including phenoxy) is 1. The van der Waals surface area contributed by atoms with Crippen LogP contribution in [-0.2, 0) is 9.59 Å². The second-order valence-corrected chi connectivity index (χ2v) is 5.32. The summed E-state index contributed by atoms with van der Waals surface area (Å²) in [5.41, 5.74) is 0.810. The fraction of sp³-hybridized carbons (Fsp3) is 0.0833. The molecular formula is C12H9NO4S2. The Morgan fingerprint density at radius 2 is 2.11 bits per heavy atom. The van der Waals surface area contributed by atoms with Gasteiger partial charge >= 0.3 is 5.97 Å². The summed E-state index contributed by atoms with van der Waals surface area (Å²) in [5.74, 6) is -0.775. The first-order valence-electron chi connectivity index (χ1n) is 5.24. The molecule has 2 rings (SSSR count). The Hall–Kier alpha value is -1.86. The van der Waals surface area contributed by atoms with E-state index in [2.05, 4.69) is 5.32 Å². The number of benzene rings is 1. The van der Waals surface area contributed by atoms with Gasteiger partial charge < -0.3 is 15.2 Å². The number of carbonyl (C=O) groups is 2. The molecule has 1 aromatic carbocycles. The summed E-state index contributed by atoms with van der Waals surface area (Å²) in [7, 11) is 0. The molecule has 0 saturated carbocycles. The molecule has 1 aliphatic heterocycles. The average molecular weight is 295 g/mol. The lowest BCUT2D eigenvalue weighted by Crippen LogP contribution is -2.17. The van der Waals surface area contributed by atoms with E-state index in [9.17, 15) is 9.59 Å². The highest BCUT2D eigenvalue weighted by atomic mass is 32.2. The van der Waals surface area contributed by atoms with Gasteiger partial charge in [-0.25, -0.2) is 4.79 Å². The molecule has 1 fully saturated rings. The summed E-state index contributed by atoms with van der Waals surface area (Å²) < 4.78 is 5.45. The molecule has 0 atom stereocenters. The maximum Gasteiger partial charge on any atom is 0.341 e. The minimum atomic E-state index is -1.03. The van der Waals surface area contributed by atoms with Gasteiger partial charge in [-0.2, -0.15) is 0 Å². The Labute approximate surface area is 118 Å². The maximum atomic E-state index is 11.5. The highest BCUT2D eigenvalue weighted by Crippen LogP contribution is 2.26. The van der Waals surface area contributed by atoms with Crippen LogP contribution in [0.1, 0.15) is 5.56 Å². The Morgan fingerprint density at radius 3 is 2.63 bits per heavy atom. The predicted molar refractivity (Wildman–Crippen MR) is 75.9 cm³/mol. The molecule has 1 amide bonds. The normalized spacial score (nSPS) is 16.5. The third-order valence-electron chi connectivity index (χ3n) is 2.18. The number of carboxylic acid groups (broad SMARTS) is 1. The highest BCUT2D eigenvalue weighted by Gasteiger charge is 2.21. The van der Waals surface area contributed by atoms with Gasteiger partial charge in [0, 0.05) is 0 Å². The molecular weight excluding hydrogens is 286 g/mol. The van der Waals surface area contributed by atoms with Crippen molar-refractivity contribution in [1.29, 1.82) is 0 Å². The lowest BCUT2D eigenvalue weighted by atomic mass is 10.2. The van der Waals surface area contributed by atoms with Gasteiger partial charge in [0.2, 0.25) is 0 Å². The predicted octanol–water partition coefficient (Wildman–Crippen LogP) is 1.64. The molecule has 0 aliphatic carbocycles. The summed E-state index contributed by atoms with van der Waals surface area (Å²) in [6.07, 6.45) is 1.71. The van der Waals surface area contributed by atoms with Crippen LogP contribution in [0.15, 0.2) is 29.2 Å². The van der Waals surface area contributed by atoms with Crippen molar-refractivity contribution in [2.24, 2.45) is 0 Å². The van der Waals surface area contributed by atoms with E-state index in [4.69, 9.17) is 22.1 Å². The van der Waals surface area contributed by atoms with Crippen molar-refractivity contribution in [3.05, 3.63) is 34.7 Å². The van der Waals surface area contributed by atoms with Crippen molar-refractivity contribution in [2.45, 2.75) is 0 Å². The van der Waals surface area contributed by atoms with Crippen molar-refractivity contribution < 1.29 is 19.4 Å². The number of nitrogens with one attached hydrogen (secondary N) is 1. The van der Waals surface area contributed by atoms with Crippen LogP contribution in [-0.4, -0.2) is 27.9 Å². The number of hydrogen-bond donors (Lipinski definition) is 2. The van der Waals surface area contributed by atoms with Crippen LogP contribution in [0.25, 0.3) is 6.08 Å². The van der Waals surface area contributed by atoms with Crippen LogP contribution in [0.4, 0.5) is 0 Å². The third kappa shape index (κ3) is 3.80. The number of rotatable bonds is 4. The quantitative estimate of drug-likeness (QED) is 0.649. The Bertz CT molecular complexity index is 566.